The van der Waals surface area contributed by atoms with Crippen molar-refractivity contribution in [3.05, 3.63) is 39.8 Å². The zero-order valence-electron chi connectivity index (χ0n) is 12.7. The van der Waals surface area contributed by atoms with Crippen molar-refractivity contribution in [2.24, 2.45) is 0 Å². The van der Waals surface area contributed by atoms with Gasteiger partial charge in [-0.2, -0.15) is 5.10 Å². The molecule has 5 nitrogen and oxygen atoms in total. The van der Waals surface area contributed by atoms with Gasteiger partial charge in [-0.3, -0.25) is 9.48 Å². The molecule has 0 aliphatic carbocycles. The van der Waals surface area contributed by atoms with Crippen LogP contribution in [0, 0.1) is 0 Å². The van der Waals surface area contributed by atoms with Gasteiger partial charge in [0.05, 0.1) is 23.6 Å². The lowest BCUT2D eigenvalue weighted by atomic mass is 10.1. The fraction of sp³-hybridized carbons (Fsp3) is 0.500. The third-order valence-electron chi connectivity index (χ3n) is 4.05. The first kappa shape index (κ1) is 15.2. The number of fused-ring (bicyclic) bond motifs is 1. The summed E-state index contributed by atoms with van der Waals surface area (Å²) in [5.74, 6) is -0.0889. The molecular formula is C16H21N3O2S. The predicted octanol–water partition coefficient (Wildman–Crippen LogP) is 2.52. The summed E-state index contributed by atoms with van der Waals surface area (Å²) in [6, 6.07) is 3.74. The smallest absolute Gasteiger partial charge is 0.254 e. The van der Waals surface area contributed by atoms with E-state index >= 15 is 0 Å². The standard InChI is InChI=1S/C16H21N3O2S/c1-11(9-14(20)15-6-4-8-22-15)18-16(21)12-10-17-19-7-3-2-5-13(12)19/h4,6,8,10-11,14,20H,2-3,5,7,9H2,1H3,(H,18,21)/t11-,14+/m0/s1. The van der Waals surface area contributed by atoms with Crippen molar-refractivity contribution in [2.45, 2.75) is 51.3 Å². The number of carbonyl (C=O) groups excluding carboxylic acids is 1. The zero-order valence-corrected chi connectivity index (χ0v) is 13.5. The Morgan fingerprint density at radius 3 is 3.18 bits per heavy atom. The van der Waals surface area contributed by atoms with E-state index in [1.165, 1.54) is 11.3 Å². The Hall–Kier alpha value is -1.66. The maximum atomic E-state index is 12.4. The molecule has 0 saturated heterocycles. The summed E-state index contributed by atoms with van der Waals surface area (Å²) in [5.41, 5.74) is 1.71. The normalized spacial score (nSPS) is 16.8. The molecule has 0 bridgehead atoms. The van der Waals surface area contributed by atoms with Crippen molar-refractivity contribution in [1.82, 2.24) is 15.1 Å². The monoisotopic (exact) mass is 319 g/mol. The van der Waals surface area contributed by atoms with Crippen molar-refractivity contribution >= 4 is 17.2 Å². The van der Waals surface area contributed by atoms with E-state index < -0.39 is 6.10 Å². The van der Waals surface area contributed by atoms with Crippen LogP contribution in [-0.2, 0) is 13.0 Å². The first-order valence-corrected chi connectivity index (χ1v) is 8.60. The molecule has 2 aromatic heterocycles. The molecule has 3 heterocycles. The van der Waals surface area contributed by atoms with E-state index in [2.05, 4.69) is 10.4 Å². The van der Waals surface area contributed by atoms with Crippen LogP contribution < -0.4 is 5.32 Å². The second-order valence-corrected chi connectivity index (χ2v) is 6.81. The summed E-state index contributed by atoms with van der Waals surface area (Å²) in [6.45, 7) is 2.82. The van der Waals surface area contributed by atoms with Gasteiger partial charge in [0.2, 0.25) is 0 Å². The van der Waals surface area contributed by atoms with Crippen LogP contribution in [0.2, 0.25) is 0 Å². The zero-order chi connectivity index (χ0) is 15.5. The second-order valence-electron chi connectivity index (χ2n) is 5.83. The molecule has 1 aliphatic heterocycles. The van der Waals surface area contributed by atoms with E-state index in [4.69, 9.17) is 0 Å². The Kier molecular flexibility index (Phi) is 4.59. The quantitative estimate of drug-likeness (QED) is 0.890. The molecule has 0 saturated carbocycles. The van der Waals surface area contributed by atoms with Gasteiger partial charge in [-0.25, -0.2) is 0 Å². The molecular weight excluding hydrogens is 298 g/mol. The van der Waals surface area contributed by atoms with E-state index in [1.807, 2.05) is 29.1 Å². The van der Waals surface area contributed by atoms with Crippen LogP contribution in [0.5, 0.6) is 0 Å². The summed E-state index contributed by atoms with van der Waals surface area (Å²) in [4.78, 5) is 13.3. The third kappa shape index (κ3) is 3.23. The van der Waals surface area contributed by atoms with Gasteiger partial charge in [0.1, 0.15) is 0 Å². The largest absolute Gasteiger partial charge is 0.387 e. The van der Waals surface area contributed by atoms with Crippen molar-refractivity contribution in [3.8, 4) is 0 Å². The topological polar surface area (TPSA) is 67.2 Å². The number of hydrogen-bond donors (Lipinski definition) is 2. The summed E-state index contributed by atoms with van der Waals surface area (Å²) in [5, 5.41) is 19.4. The molecule has 0 spiro atoms. The first-order chi connectivity index (χ1) is 10.6. The number of nitrogens with zero attached hydrogens (tertiary/aromatic N) is 2. The van der Waals surface area contributed by atoms with Gasteiger partial charge in [-0.1, -0.05) is 6.07 Å². The minimum Gasteiger partial charge on any atom is -0.387 e. The predicted molar refractivity (Wildman–Crippen MR) is 86.0 cm³/mol. The Balaban J connectivity index is 1.60. The van der Waals surface area contributed by atoms with Gasteiger partial charge in [0, 0.05) is 17.5 Å². The Bertz CT molecular complexity index is 636. The van der Waals surface area contributed by atoms with Crippen LogP contribution in [0.25, 0.3) is 0 Å². The first-order valence-electron chi connectivity index (χ1n) is 7.72. The molecule has 0 fully saturated rings. The fourth-order valence-electron chi connectivity index (χ4n) is 2.90. The van der Waals surface area contributed by atoms with Gasteiger partial charge < -0.3 is 10.4 Å². The summed E-state index contributed by atoms with van der Waals surface area (Å²) >= 11 is 1.53. The third-order valence-corrected chi connectivity index (χ3v) is 5.03. The Labute approximate surface area is 134 Å². The molecule has 2 aromatic rings. The van der Waals surface area contributed by atoms with Crippen molar-refractivity contribution in [1.29, 1.82) is 0 Å². The molecule has 0 unspecified atom stereocenters. The number of aromatic nitrogens is 2. The Morgan fingerprint density at radius 1 is 1.55 bits per heavy atom. The summed E-state index contributed by atoms with van der Waals surface area (Å²) in [7, 11) is 0. The van der Waals surface area contributed by atoms with Crippen LogP contribution in [0.3, 0.4) is 0 Å². The number of amides is 1. The number of rotatable bonds is 5. The second kappa shape index (κ2) is 6.62. The summed E-state index contributed by atoms with van der Waals surface area (Å²) < 4.78 is 1.93. The lowest BCUT2D eigenvalue weighted by Crippen LogP contribution is -2.34. The fourth-order valence-corrected chi connectivity index (χ4v) is 3.63. The highest BCUT2D eigenvalue weighted by Crippen LogP contribution is 2.23. The molecule has 0 aromatic carbocycles. The van der Waals surface area contributed by atoms with Gasteiger partial charge in [0.15, 0.2) is 0 Å². The van der Waals surface area contributed by atoms with Crippen LogP contribution in [0.4, 0.5) is 0 Å². The van der Waals surface area contributed by atoms with Crippen molar-refractivity contribution < 1.29 is 9.90 Å². The van der Waals surface area contributed by atoms with E-state index in [1.54, 1.807) is 6.20 Å². The van der Waals surface area contributed by atoms with Gasteiger partial charge in [0.25, 0.3) is 5.91 Å². The number of nitrogens with one attached hydrogen (secondary N) is 1. The molecule has 1 amide bonds. The number of thiophene rings is 1. The highest BCUT2D eigenvalue weighted by atomic mass is 32.1. The minimum atomic E-state index is -0.531. The van der Waals surface area contributed by atoms with E-state index in [-0.39, 0.29) is 11.9 Å². The molecule has 3 rings (SSSR count). The molecule has 22 heavy (non-hydrogen) atoms. The average Bonchev–Trinajstić information content (AvgIpc) is 3.16. The molecule has 2 atom stereocenters. The maximum absolute atomic E-state index is 12.4. The number of aliphatic hydroxyl groups is 1. The van der Waals surface area contributed by atoms with Crippen LogP contribution in [0.15, 0.2) is 23.7 Å². The Morgan fingerprint density at radius 2 is 2.41 bits per heavy atom. The van der Waals surface area contributed by atoms with E-state index in [9.17, 15) is 9.90 Å². The highest BCUT2D eigenvalue weighted by molar-refractivity contribution is 7.10. The minimum absolute atomic E-state index is 0.0889. The molecule has 6 heteroatoms. The van der Waals surface area contributed by atoms with Crippen molar-refractivity contribution in [3.63, 3.8) is 0 Å². The molecule has 118 valence electrons. The molecule has 0 radical (unpaired) electrons. The maximum Gasteiger partial charge on any atom is 0.254 e. The lowest BCUT2D eigenvalue weighted by Gasteiger charge is -2.18. The van der Waals surface area contributed by atoms with E-state index in [0.29, 0.717) is 12.0 Å². The number of aliphatic hydroxyl groups excluding tert-OH is 1. The SMILES string of the molecule is C[C@@H](C[C@@H](O)c1cccs1)NC(=O)c1cnn2c1CCCC2. The van der Waals surface area contributed by atoms with Crippen LogP contribution in [-0.4, -0.2) is 26.8 Å². The van der Waals surface area contributed by atoms with Gasteiger partial charge >= 0.3 is 0 Å². The lowest BCUT2D eigenvalue weighted by molar-refractivity contribution is 0.0917. The molecule has 2 N–H and O–H groups in total. The highest BCUT2D eigenvalue weighted by Gasteiger charge is 2.22. The van der Waals surface area contributed by atoms with Gasteiger partial charge in [-0.05, 0) is 44.1 Å². The number of hydrogen-bond acceptors (Lipinski definition) is 4. The number of aryl methyl sites for hydroxylation is 1. The molecule has 1 aliphatic rings. The van der Waals surface area contributed by atoms with Crippen LogP contribution in [0.1, 0.15) is 53.2 Å². The average molecular weight is 319 g/mol. The number of carbonyl (C=O) groups is 1. The van der Waals surface area contributed by atoms with Crippen LogP contribution >= 0.6 is 11.3 Å². The van der Waals surface area contributed by atoms with Crippen molar-refractivity contribution in [2.75, 3.05) is 0 Å². The summed E-state index contributed by atoms with van der Waals surface area (Å²) in [6.07, 6.45) is 4.79. The van der Waals surface area contributed by atoms with E-state index in [0.717, 1.165) is 36.4 Å². The van der Waals surface area contributed by atoms with Gasteiger partial charge in [-0.15, -0.1) is 11.3 Å².